The van der Waals surface area contributed by atoms with Crippen LogP contribution in [0.1, 0.15) is 42.5 Å². The Morgan fingerprint density at radius 1 is 1.09 bits per heavy atom. The molecular weight excluding hydrogens is 274 g/mol. The van der Waals surface area contributed by atoms with Gasteiger partial charge in [-0.1, -0.05) is 18.2 Å². The van der Waals surface area contributed by atoms with Crippen LogP contribution >= 0.6 is 0 Å². The zero-order chi connectivity index (χ0) is 14.9. The first-order valence-electron chi connectivity index (χ1n) is 7.85. The molecule has 3 aromatic rings. The van der Waals surface area contributed by atoms with Gasteiger partial charge in [0.2, 0.25) is 0 Å². The molecule has 0 radical (unpaired) electrons. The third kappa shape index (κ3) is 2.43. The summed E-state index contributed by atoms with van der Waals surface area (Å²) in [5, 5.41) is 15.7. The molecule has 0 spiro atoms. The second kappa shape index (κ2) is 5.40. The Morgan fingerprint density at radius 2 is 1.95 bits per heavy atom. The van der Waals surface area contributed by atoms with E-state index in [1.54, 1.807) is 10.8 Å². The lowest BCUT2D eigenvalue weighted by molar-refractivity contribution is 0.682. The number of aryl methyl sites for hydroxylation is 2. The lowest BCUT2D eigenvalue weighted by Gasteiger charge is -2.20. The number of nitrogens with zero attached hydrogens (tertiary/aromatic N) is 4. The van der Waals surface area contributed by atoms with E-state index < -0.39 is 0 Å². The van der Waals surface area contributed by atoms with Gasteiger partial charge >= 0.3 is 0 Å². The molecule has 2 heterocycles. The molecule has 0 saturated carbocycles. The Bertz CT molecular complexity index is 808. The molecule has 0 amide bonds. The minimum Gasteiger partial charge on any atom is -0.362 e. The van der Waals surface area contributed by atoms with Crippen LogP contribution in [0.5, 0.6) is 0 Å². The van der Waals surface area contributed by atoms with Crippen LogP contribution in [-0.2, 0) is 12.8 Å². The van der Waals surface area contributed by atoms with E-state index >= 15 is 0 Å². The first-order chi connectivity index (χ1) is 10.8. The molecule has 2 aromatic heterocycles. The minimum atomic E-state index is 0.216. The molecule has 1 atom stereocenters. The highest BCUT2D eigenvalue weighted by Crippen LogP contribution is 2.26. The predicted octanol–water partition coefficient (Wildman–Crippen LogP) is 3.18. The molecule has 0 bridgehead atoms. The smallest absolute Gasteiger partial charge is 0.177 e. The zero-order valence-electron chi connectivity index (χ0n) is 12.7. The number of nitrogens with one attached hydrogen (secondary N) is 1. The van der Waals surface area contributed by atoms with E-state index in [4.69, 9.17) is 0 Å². The van der Waals surface area contributed by atoms with Gasteiger partial charge in [-0.15, -0.1) is 15.3 Å². The monoisotopic (exact) mass is 293 g/mol. The van der Waals surface area contributed by atoms with Crippen molar-refractivity contribution in [3.8, 4) is 0 Å². The highest BCUT2D eigenvalue weighted by atomic mass is 15.4. The van der Waals surface area contributed by atoms with Crippen molar-refractivity contribution in [2.75, 3.05) is 5.32 Å². The maximum atomic E-state index is 4.47. The summed E-state index contributed by atoms with van der Waals surface area (Å²) in [6.45, 7) is 2.17. The SMILES string of the molecule is CC(Nc1ccc2nncn2n1)c1ccc2c(c1)CCCC2. The van der Waals surface area contributed by atoms with Crippen LogP contribution in [0.4, 0.5) is 5.82 Å². The summed E-state index contributed by atoms with van der Waals surface area (Å²) in [5.41, 5.74) is 5.10. The Hall–Kier alpha value is -2.43. The van der Waals surface area contributed by atoms with Gasteiger partial charge in [-0.3, -0.25) is 0 Å². The summed E-state index contributed by atoms with van der Waals surface area (Å²) < 4.78 is 1.68. The molecule has 1 aliphatic rings. The van der Waals surface area contributed by atoms with Crippen molar-refractivity contribution in [2.45, 2.75) is 38.6 Å². The van der Waals surface area contributed by atoms with E-state index in [0.29, 0.717) is 0 Å². The van der Waals surface area contributed by atoms with Gasteiger partial charge in [0.15, 0.2) is 5.65 Å². The number of hydrogen-bond acceptors (Lipinski definition) is 4. The fourth-order valence-electron chi connectivity index (χ4n) is 3.13. The van der Waals surface area contributed by atoms with E-state index in [1.165, 1.54) is 42.4 Å². The van der Waals surface area contributed by atoms with Crippen LogP contribution in [0.25, 0.3) is 5.65 Å². The normalized spacial score (nSPS) is 15.5. The van der Waals surface area contributed by atoms with Crippen molar-refractivity contribution in [3.05, 3.63) is 53.3 Å². The molecule has 0 fully saturated rings. The molecule has 1 unspecified atom stereocenters. The van der Waals surface area contributed by atoms with E-state index in [1.807, 2.05) is 12.1 Å². The maximum absolute atomic E-state index is 4.47. The van der Waals surface area contributed by atoms with Gasteiger partial charge in [0.1, 0.15) is 12.1 Å². The average molecular weight is 293 g/mol. The molecule has 1 aromatic carbocycles. The second-order valence-corrected chi connectivity index (χ2v) is 5.95. The lowest BCUT2D eigenvalue weighted by atomic mass is 9.89. The molecule has 5 nitrogen and oxygen atoms in total. The molecule has 0 aliphatic heterocycles. The minimum absolute atomic E-state index is 0.216. The van der Waals surface area contributed by atoms with Crippen LogP contribution < -0.4 is 5.32 Å². The molecule has 1 aliphatic carbocycles. The topological polar surface area (TPSA) is 55.1 Å². The third-order valence-corrected chi connectivity index (χ3v) is 4.40. The molecule has 4 rings (SSSR count). The number of anilines is 1. The van der Waals surface area contributed by atoms with Crippen LogP contribution in [0.2, 0.25) is 0 Å². The maximum Gasteiger partial charge on any atom is 0.177 e. The first kappa shape index (κ1) is 13.2. The summed E-state index contributed by atoms with van der Waals surface area (Å²) in [5.74, 6) is 0.831. The van der Waals surface area contributed by atoms with Crippen LogP contribution in [0.3, 0.4) is 0 Å². The standard InChI is InChI=1S/C17H19N5/c1-12(14-7-6-13-4-2-3-5-15(13)10-14)19-16-8-9-17-20-18-11-22(17)21-16/h6-12H,2-5H2,1H3,(H,19,21). The summed E-state index contributed by atoms with van der Waals surface area (Å²) in [6.07, 6.45) is 6.68. The number of hydrogen-bond donors (Lipinski definition) is 1. The van der Waals surface area contributed by atoms with Crippen molar-refractivity contribution in [2.24, 2.45) is 0 Å². The number of aromatic nitrogens is 4. The van der Waals surface area contributed by atoms with Gasteiger partial charge < -0.3 is 5.32 Å². The van der Waals surface area contributed by atoms with Crippen molar-refractivity contribution in [1.82, 2.24) is 19.8 Å². The summed E-state index contributed by atoms with van der Waals surface area (Å²) >= 11 is 0. The van der Waals surface area contributed by atoms with E-state index in [-0.39, 0.29) is 6.04 Å². The molecule has 112 valence electrons. The molecule has 1 N–H and O–H groups in total. The molecule has 22 heavy (non-hydrogen) atoms. The zero-order valence-corrected chi connectivity index (χ0v) is 12.7. The second-order valence-electron chi connectivity index (χ2n) is 5.95. The fourth-order valence-corrected chi connectivity index (χ4v) is 3.13. The molecule has 0 saturated heterocycles. The van der Waals surface area contributed by atoms with Crippen molar-refractivity contribution >= 4 is 11.5 Å². The predicted molar refractivity (Wildman–Crippen MR) is 85.9 cm³/mol. The summed E-state index contributed by atoms with van der Waals surface area (Å²) in [7, 11) is 0. The highest BCUT2D eigenvalue weighted by molar-refractivity contribution is 5.45. The highest BCUT2D eigenvalue weighted by Gasteiger charge is 2.13. The Morgan fingerprint density at radius 3 is 2.86 bits per heavy atom. The van der Waals surface area contributed by atoms with Gasteiger partial charge in [-0.25, -0.2) is 0 Å². The number of fused-ring (bicyclic) bond motifs is 2. The Kier molecular flexibility index (Phi) is 3.25. The lowest BCUT2D eigenvalue weighted by Crippen LogP contribution is -2.11. The number of benzene rings is 1. The molecular formula is C17H19N5. The Labute approximate surface area is 129 Å². The van der Waals surface area contributed by atoms with Crippen LogP contribution in [0.15, 0.2) is 36.7 Å². The van der Waals surface area contributed by atoms with Gasteiger partial charge in [0.25, 0.3) is 0 Å². The fraction of sp³-hybridized carbons (Fsp3) is 0.353. The quantitative estimate of drug-likeness (QED) is 0.806. The van der Waals surface area contributed by atoms with Gasteiger partial charge in [-0.05, 0) is 61.4 Å². The van der Waals surface area contributed by atoms with Crippen LogP contribution in [0, 0.1) is 0 Å². The van der Waals surface area contributed by atoms with Crippen molar-refractivity contribution in [3.63, 3.8) is 0 Å². The van der Waals surface area contributed by atoms with Gasteiger partial charge in [0.05, 0.1) is 6.04 Å². The van der Waals surface area contributed by atoms with E-state index in [9.17, 15) is 0 Å². The van der Waals surface area contributed by atoms with E-state index in [0.717, 1.165) is 11.5 Å². The van der Waals surface area contributed by atoms with Gasteiger partial charge in [-0.2, -0.15) is 4.52 Å². The molecule has 5 heteroatoms. The Balaban J connectivity index is 1.57. The number of rotatable bonds is 3. The van der Waals surface area contributed by atoms with Crippen molar-refractivity contribution < 1.29 is 0 Å². The third-order valence-electron chi connectivity index (χ3n) is 4.40. The van der Waals surface area contributed by atoms with E-state index in [2.05, 4.69) is 45.7 Å². The first-order valence-corrected chi connectivity index (χ1v) is 7.85. The van der Waals surface area contributed by atoms with Crippen LogP contribution in [-0.4, -0.2) is 19.8 Å². The van der Waals surface area contributed by atoms with Crippen molar-refractivity contribution in [1.29, 1.82) is 0 Å². The summed E-state index contributed by atoms with van der Waals surface area (Å²) in [4.78, 5) is 0. The van der Waals surface area contributed by atoms with Gasteiger partial charge in [0, 0.05) is 0 Å². The largest absolute Gasteiger partial charge is 0.362 e. The average Bonchev–Trinajstić information content (AvgIpc) is 3.02. The summed E-state index contributed by atoms with van der Waals surface area (Å²) in [6, 6.07) is 11.0.